The highest BCUT2D eigenvalue weighted by molar-refractivity contribution is 5.92. The van der Waals surface area contributed by atoms with Crippen molar-refractivity contribution < 1.29 is 23.9 Å². The van der Waals surface area contributed by atoms with Crippen LogP contribution in [0.3, 0.4) is 0 Å². The lowest BCUT2D eigenvalue weighted by Gasteiger charge is -2.34. The van der Waals surface area contributed by atoms with Gasteiger partial charge in [0.2, 0.25) is 0 Å². The number of esters is 2. The summed E-state index contributed by atoms with van der Waals surface area (Å²) in [5, 5.41) is 3.01. The van der Waals surface area contributed by atoms with Crippen molar-refractivity contribution in [3.05, 3.63) is 54.1 Å². The Balaban J connectivity index is 1.52. The first-order chi connectivity index (χ1) is 14.8. The van der Waals surface area contributed by atoms with Gasteiger partial charge < -0.3 is 14.8 Å². The average molecular weight is 424 g/mol. The molecule has 0 bridgehead atoms. The maximum absolute atomic E-state index is 12.3. The van der Waals surface area contributed by atoms with Crippen LogP contribution in [0.15, 0.2) is 48.5 Å². The van der Waals surface area contributed by atoms with Crippen LogP contribution in [0.25, 0.3) is 11.1 Å². The van der Waals surface area contributed by atoms with Gasteiger partial charge in [-0.25, -0.2) is 4.79 Å². The third kappa shape index (κ3) is 6.17. The van der Waals surface area contributed by atoms with E-state index in [0.717, 1.165) is 24.0 Å². The van der Waals surface area contributed by atoms with E-state index in [-0.39, 0.29) is 24.5 Å². The molecule has 0 saturated heterocycles. The zero-order valence-electron chi connectivity index (χ0n) is 18.2. The van der Waals surface area contributed by atoms with Gasteiger partial charge in [-0.1, -0.05) is 51.0 Å². The van der Waals surface area contributed by atoms with E-state index in [1.807, 2.05) is 24.3 Å². The summed E-state index contributed by atoms with van der Waals surface area (Å²) < 4.78 is 10.2. The predicted octanol–water partition coefficient (Wildman–Crippen LogP) is 4.38. The molecule has 0 aromatic heterocycles. The maximum Gasteiger partial charge on any atom is 0.338 e. The Morgan fingerprint density at radius 2 is 1.55 bits per heavy atom. The Hall–Kier alpha value is -3.15. The summed E-state index contributed by atoms with van der Waals surface area (Å²) in [6.45, 7) is 5.44. The van der Waals surface area contributed by atoms with Crippen LogP contribution < -0.4 is 10.1 Å². The third-order valence-corrected chi connectivity index (χ3v) is 5.96. The minimum atomic E-state index is -0.531. The Labute approximate surface area is 182 Å². The largest absolute Gasteiger partial charge is 0.452 e. The number of amides is 1. The highest BCUT2D eigenvalue weighted by Crippen LogP contribution is 2.29. The summed E-state index contributed by atoms with van der Waals surface area (Å²) in [7, 11) is 0. The molecule has 0 spiro atoms. The molecular formula is C25H29NO5. The summed E-state index contributed by atoms with van der Waals surface area (Å²) in [5.41, 5.74) is 2.21. The quantitative estimate of drug-likeness (QED) is 0.551. The van der Waals surface area contributed by atoms with Crippen LogP contribution in [0.2, 0.25) is 0 Å². The van der Waals surface area contributed by atoms with E-state index in [4.69, 9.17) is 9.47 Å². The van der Waals surface area contributed by atoms with Crippen molar-refractivity contribution in [1.82, 2.24) is 5.32 Å². The minimum absolute atomic E-state index is 0.140. The fraction of sp³-hybridized carbons (Fsp3) is 0.400. The number of carbonyl (C=O) groups is 3. The standard InChI is InChI=1S/C25H29NO5/c1-16-5-4-6-23(17(16)2)26-24(28)15-30-25(29)21-9-7-19(8-10-21)20-11-13-22(14-12-20)31-18(3)27/h7-14,16-17,23H,4-6,15H2,1-3H3,(H,26,28)/t16-,17-,23+/m1/s1. The van der Waals surface area contributed by atoms with Gasteiger partial charge in [-0.2, -0.15) is 0 Å². The third-order valence-electron chi connectivity index (χ3n) is 5.96. The van der Waals surface area contributed by atoms with Gasteiger partial charge in [0.1, 0.15) is 5.75 Å². The molecule has 6 nitrogen and oxygen atoms in total. The molecule has 0 radical (unpaired) electrons. The van der Waals surface area contributed by atoms with Crippen molar-refractivity contribution in [3.8, 4) is 16.9 Å². The molecule has 2 aromatic carbocycles. The lowest BCUT2D eigenvalue weighted by molar-refractivity contribution is -0.132. The molecule has 0 unspecified atom stereocenters. The van der Waals surface area contributed by atoms with Gasteiger partial charge in [0.25, 0.3) is 5.91 Å². The summed E-state index contributed by atoms with van der Waals surface area (Å²) >= 11 is 0. The summed E-state index contributed by atoms with van der Waals surface area (Å²) in [5.74, 6) is 0.321. The van der Waals surface area contributed by atoms with Gasteiger partial charge >= 0.3 is 11.9 Å². The molecule has 1 amide bonds. The van der Waals surface area contributed by atoms with E-state index in [1.165, 1.54) is 13.3 Å². The molecule has 6 heteroatoms. The van der Waals surface area contributed by atoms with Gasteiger partial charge in [0.15, 0.2) is 6.61 Å². The highest BCUT2D eigenvalue weighted by Gasteiger charge is 2.28. The number of hydrogen-bond donors (Lipinski definition) is 1. The van der Waals surface area contributed by atoms with Crippen LogP contribution in [0.1, 0.15) is 50.4 Å². The molecular weight excluding hydrogens is 394 g/mol. The Kier molecular flexibility index (Phi) is 7.45. The van der Waals surface area contributed by atoms with Gasteiger partial charge in [0.05, 0.1) is 5.56 Å². The summed E-state index contributed by atoms with van der Waals surface area (Å²) in [6, 6.07) is 14.2. The lowest BCUT2D eigenvalue weighted by atomic mass is 9.78. The van der Waals surface area contributed by atoms with Crippen molar-refractivity contribution in [1.29, 1.82) is 0 Å². The first-order valence-corrected chi connectivity index (χ1v) is 10.7. The molecule has 0 aliphatic heterocycles. The van der Waals surface area contributed by atoms with Crippen LogP contribution in [0.5, 0.6) is 5.75 Å². The molecule has 3 atom stereocenters. The van der Waals surface area contributed by atoms with Crippen LogP contribution >= 0.6 is 0 Å². The fourth-order valence-electron chi connectivity index (χ4n) is 3.93. The summed E-state index contributed by atoms with van der Waals surface area (Å²) in [4.78, 5) is 35.5. The first-order valence-electron chi connectivity index (χ1n) is 10.7. The zero-order valence-corrected chi connectivity index (χ0v) is 18.2. The molecule has 2 aromatic rings. The average Bonchev–Trinajstić information content (AvgIpc) is 2.75. The molecule has 1 aliphatic rings. The molecule has 31 heavy (non-hydrogen) atoms. The fourth-order valence-corrected chi connectivity index (χ4v) is 3.93. The molecule has 0 heterocycles. The second kappa shape index (κ2) is 10.2. The minimum Gasteiger partial charge on any atom is -0.452 e. The van der Waals surface area contributed by atoms with E-state index >= 15 is 0 Å². The van der Waals surface area contributed by atoms with Gasteiger partial charge in [0, 0.05) is 13.0 Å². The molecule has 1 saturated carbocycles. The smallest absolute Gasteiger partial charge is 0.338 e. The van der Waals surface area contributed by atoms with Crippen LogP contribution in [0.4, 0.5) is 0 Å². The Morgan fingerprint density at radius 3 is 2.16 bits per heavy atom. The van der Waals surface area contributed by atoms with E-state index in [1.54, 1.807) is 24.3 Å². The van der Waals surface area contributed by atoms with Crippen LogP contribution in [-0.4, -0.2) is 30.5 Å². The van der Waals surface area contributed by atoms with Gasteiger partial charge in [-0.15, -0.1) is 0 Å². The zero-order chi connectivity index (χ0) is 22.4. The Bertz CT molecular complexity index is 920. The van der Waals surface area contributed by atoms with Gasteiger partial charge in [-0.05, 0) is 53.6 Å². The SMILES string of the molecule is CC(=O)Oc1ccc(-c2ccc(C(=O)OCC(=O)N[C@H]3CCC[C@@H](C)[C@H]3C)cc2)cc1. The number of carbonyl (C=O) groups excluding carboxylic acids is 3. The van der Waals surface area contributed by atoms with Crippen molar-refractivity contribution >= 4 is 17.8 Å². The highest BCUT2D eigenvalue weighted by atomic mass is 16.5. The number of nitrogens with one attached hydrogen (secondary N) is 1. The van der Waals surface area contributed by atoms with Crippen molar-refractivity contribution in [3.63, 3.8) is 0 Å². The molecule has 1 N–H and O–H groups in total. The normalized spacial score (nSPS) is 20.5. The summed E-state index contributed by atoms with van der Waals surface area (Å²) in [6.07, 6.45) is 3.26. The van der Waals surface area contributed by atoms with Crippen molar-refractivity contribution in [2.24, 2.45) is 11.8 Å². The molecule has 164 valence electrons. The van der Waals surface area contributed by atoms with Crippen LogP contribution in [0, 0.1) is 11.8 Å². The van der Waals surface area contributed by atoms with E-state index < -0.39 is 5.97 Å². The number of benzene rings is 2. The maximum atomic E-state index is 12.3. The van der Waals surface area contributed by atoms with Crippen LogP contribution in [-0.2, 0) is 14.3 Å². The first kappa shape index (κ1) is 22.5. The topological polar surface area (TPSA) is 81.7 Å². The van der Waals surface area contributed by atoms with E-state index in [9.17, 15) is 14.4 Å². The van der Waals surface area contributed by atoms with Gasteiger partial charge in [-0.3, -0.25) is 9.59 Å². The lowest BCUT2D eigenvalue weighted by Crippen LogP contribution is -2.45. The number of rotatable bonds is 6. The van der Waals surface area contributed by atoms with E-state index in [0.29, 0.717) is 23.1 Å². The molecule has 3 rings (SSSR count). The van der Waals surface area contributed by atoms with Crippen molar-refractivity contribution in [2.45, 2.75) is 46.1 Å². The molecule has 1 fully saturated rings. The Morgan fingerprint density at radius 1 is 0.935 bits per heavy atom. The number of ether oxygens (including phenoxy) is 2. The monoisotopic (exact) mass is 423 g/mol. The van der Waals surface area contributed by atoms with Crippen molar-refractivity contribution in [2.75, 3.05) is 6.61 Å². The number of hydrogen-bond acceptors (Lipinski definition) is 5. The second-order valence-electron chi connectivity index (χ2n) is 8.21. The molecule has 1 aliphatic carbocycles. The predicted molar refractivity (Wildman–Crippen MR) is 118 cm³/mol. The van der Waals surface area contributed by atoms with E-state index in [2.05, 4.69) is 19.2 Å². The second-order valence-corrected chi connectivity index (χ2v) is 8.21.